The number of hydrogen-bond acceptors (Lipinski definition) is 5. The summed E-state index contributed by atoms with van der Waals surface area (Å²) < 4.78 is 19.4. The van der Waals surface area contributed by atoms with Crippen LogP contribution in [-0.4, -0.2) is 5.78 Å². The molecular formula is C34H34FN3O2. The summed E-state index contributed by atoms with van der Waals surface area (Å²) in [5.41, 5.74) is 14.1. The highest BCUT2D eigenvalue weighted by atomic mass is 19.1. The Morgan fingerprint density at radius 2 is 1.77 bits per heavy atom. The average molecular weight is 536 g/mol. The van der Waals surface area contributed by atoms with Crippen LogP contribution < -0.4 is 15.4 Å². The maximum absolute atomic E-state index is 14.0. The molecule has 0 saturated heterocycles. The average Bonchev–Trinajstić information content (AvgIpc) is 2.89. The van der Waals surface area contributed by atoms with Crippen molar-refractivity contribution >= 4 is 11.5 Å². The molecule has 0 amide bonds. The Kier molecular flexibility index (Phi) is 7.01. The topological polar surface area (TPSA) is 79.3 Å². The quantitative estimate of drug-likeness (QED) is 0.372. The Morgan fingerprint density at radius 3 is 2.45 bits per heavy atom. The molecule has 1 aliphatic heterocycles. The first-order valence-corrected chi connectivity index (χ1v) is 13.5. The van der Waals surface area contributed by atoms with Crippen LogP contribution in [0.5, 0.6) is 5.75 Å². The molecule has 5 nitrogen and oxygen atoms in total. The van der Waals surface area contributed by atoms with Gasteiger partial charge in [-0.3, -0.25) is 9.69 Å². The fourth-order valence-corrected chi connectivity index (χ4v) is 6.01. The molecule has 2 N–H and O–H groups in total. The Labute approximate surface area is 235 Å². The van der Waals surface area contributed by atoms with Gasteiger partial charge in [0.1, 0.15) is 24.0 Å². The van der Waals surface area contributed by atoms with Crippen molar-refractivity contribution < 1.29 is 13.9 Å². The molecule has 0 radical (unpaired) electrons. The lowest BCUT2D eigenvalue weighted by Crippen LogP contribution is -2.42. The minimum atomic E-state index is -0.576. The maximum Gasteiger partial charge on any atom is 0.162 e. The van der Waals surface area contributed by atoms with Gasteiger partial charge in [-0.1, -0.05) is 49.7 Å². The summed E-state index contributed by atoms with van der Waals surface area (Å²) in [6, 6.07) is 20.3. The molecule has 204 valence electrons. The molecule has 0 fully saturated rings. The van der Waals surface area contributed by atoms with Gasteiger partial charge in [-0.25, -0.2) is 4.39 Å². The van der Waals surface area contributed by atoms with Crippen molar-refractivity contribution in [3.8, 4) is 11.8 Å². The second kappa shape index (κ2) is 10.3. The molecule has 1 heterocycles. The van der Waals surface area contributed by atoms with Crippen LogP contribution in [-0.2, 0) is 11.4 Å². The Morgan fingerprint density at radius 1 is 1.07 bits per heavy atom. The van der Waals surface area contributed by atoms with Gasteiger partial charge in [-0.15, -0.1) is 0 Å². The summed E-state index contributed by atoms with van der Waals surface area (Å²) in [4.78, 5) is 15.9. The van der Waals surface area contributed by atoms with E-state index < -0.39 is 5.92 Å². The number of carbonyl (C=O) groups excluding carboxylic acids is 1. The third-order valence-corrected chi connectivity index (χ3v) is 7.96. The van der Waals surface area contributed by atoms with Gasteiger partial charge in [0.15, 0.2) is 5.78 Å². The number of nitrogens with two attached hydrogens (primary N) is 1. The second-order valence-corrected chi connectivity index (χ2v) is 11.6. The minimum absolute atomic E-state index is 0.0418. The van der Waals surface area contributed by atoms with Crippen molar-refractivity contribution in [1.82, 2.24) is 0 Å². The van der Waals surface area contributed by atoms with E-state index >= 15 is 0 Å². The van der Waals surface area contributed by atoms with Gasteiger partial charge in [0.05, 0.1) is 23.2 Å². The monoisotopic (exact) mass is 535 g/mol. The number of nitriles is 1. The van der Waals surface area contributed by atoms with Crippen molar-refractivity contribution in [3.63, 3.8) is 0 Å². The third-order valence-electron chi connectivity index (χ3n) is 7.96. The number of ether oxygens (including phenoxy) is 1. The van der Waals surface area contributed by atoms with Gasteiger partial charge in [-0.2, -0.15) is 5.26 Å². The fourth-order valence-electron chi connectivity index (χ4n) is 6.01. The number of para-hydroxylation sites is 1. The number of carbonyl (C=O) groups is 1. The number of rotatable bonds is 5. The van der Waals surface area contributed by atoms with Crippen LogP contribution in [0, 0.1) is 43.3 Å². The number of halogens is 1. The molecular weight excluding hydrogens is 501 g/mol. The zero-order valence-corrected chi connectivity index (χ0v) is 23.6. The van der Waals surface area contributed by atoms with Crippen LogP contribution in [0.3, 0.4) is 0 Å². The van der Waals surface area contributed by atoms with Gasteiger partial charge in [0.25, 0.3) is 0 Å². The molecule has 6 heteroatoms. The number of anilines is 1. The number of nitrogens with zero attached hydrogens (tertiary/aromatic N) is 2. The third kappa shape index (κ3) is 4.88. The van der Waals surface area contributed by atoms with Gasteiger partial charge >= 0.3 is 0 Å². The number of aryl methyl sites for hydroxylation is 2. The molecule has 5 rings (SSSR count). The molecule has 1 atom stereocenters. The normalized spacial score (nSPS) is 18.5. The number of Topliss-reactive ketones (excluding diaryl/α,β-unsaturated/α-hetero) is 1. The van der Waals surface area contributed by atoms with Crippen molar-refractivity contribution in [2.75, 3.05) is 4.90 Å². The van der Waals surface area contributed by atoms with Crippen LogP contribution in [0.1, 0.15) is 60.4 Å². The number of allylic oxidation sites excluding steroid dienone is 3. The van der Waals surface area contributed by atoms with Crippen LogP contribution in [0.4, 0.5) is 10.1 Å². The first kappa shape index (κ1) is 27.2. The highest BCUT2D eigenvalue weighted by Gasteiger charge is 2.45. The SMILES string of the molecule is Cc1cc(COc2ccc(F)cc2)c(C)c(C2C(C#N)=C(N)N(c3ccccc3C)C3=C2C(=O)CC(C)(C)C3)c1. The summed E-state index contributed by atoms with van der Waals surface area (Å²) in [6.45, 7) is 10.5. The van der Waals surface area contributed by atoms with Crippen molar-refractivity contribution in [1.29, 1.82) is 5.26 Å². The maximum atomic E-state index is 14.0. The van der Waals surface area contributed by atoms with Crippen LogP contribution in [0.25, 0.3) is 0 Å². The predicted molar refractivity (Wildman–Crippen MR) is 155 cm³/mol. The number of ketones is 1. The molecule has 2 aliphatic rings. The van der Waals surface area contributed by atoms with Gasteiger partial charge in [-0.05, 0) is 85.2 Å². The Bertz CT molecular complexity index is 1610. The standard InChI is InChI=1S/C34H34FN3O2/c1-20-14-23(19-40-25-12-10-24(35)11-13-25)22(3)26(15-20)31-27(18-36)33(37)38(28-9-7-6-8-21(28)2)29-16-34(4,5)17-30(39)32(29)31/h6-15,31H,16-17,19,37H2,1-5H3. The molecule has 1 unspecified atom stereocenters. The predicted octanol–water partition coefficient (Wildman–Crippen LogP) is 7.27. The van der Waals surface area contributed by atoms with Crippen LogP contribution >= 0.6 is 0 Å². The largest absolute Gasteiger partial charge is 0.489 e. The molecule has 0 aromatic heterocycles. The smallest absolute Gasteiger partial charge is 0.162 e. The highest BCUT2D eigenvalue weighted by molar-refractivity contribution is 6.02. The molecule has 3 aromatic rings. The lowest BCUT2D eigenvalue weighted by molar-refractivity contribution is -0.118. The summed E-state index contributed by atoms with van der Waals surface area (Å²) in [7, 11) is 0. The van der Waals surface area contributed by atoms with E-state index in [1.54, 1.807) is 12.1 Å². The summed E-state index contributed by atoms with van der Waals surface area (Å²) in [6.07, 6.45) is 1.05. The van der Waals surface area contributed by atoms with Crippen LogP contribution in [0.15, 0.2) is 83.3 Å². The second-order valence-electron chi connectivity index (χ2n) is 11.6. The molecule has 0 spiro atoms. The van der Waals surface area contributed by atoms with E-state index in [1.165, 1.54) is 12.1 Å². The number of hydrogen-bond donors (Lipinski definition) is 1. The molecule has 0 bridgehead atoms. The zero-order chi connectivity index (χ0) is 28.8. The molecule has 0 saturated carbocycles. The first-order chi connectivity index (χ1) is 19.0. The first-order valence-electron chi connectivity index (χ1n) is 13.5. The number of benzene rings is 3. The van der Waals surface area contributed by atoms with Gasteiger partial charge in [0, 0.05) is 17.7 Å². The van der Waals surface area contributed by atoms with E-state index in [2.05, 4.69) is 19.9 Å². The summed E-state index contributed by atoms with van der Waals surface area (Å²) in [5, 5.41) is 10.5. The highest BCUT2D eigenvalue weighted by Crippen LogP contribution is 2.51. The van der Waals surface area contributed by atoms with E-state index in [0.29, 0.717) is 35.6 Å². The molecule has 40 heavy (non-hydrogen) atoms. The lowest BCUT2D eigenvalue weighted by Gasteiger charge is -2.44. The van der Waals surface area contributed by atoms with Crippen LogP contribution in [0.2, 0.25) is 0 Å². The van der Waals surface area contributed by atoms with Crippen molar-refractivity contribution in [3.05, 3.63) is 117 Å². The molecule has 3 aromatic carbocycles. The van der Waals surface area contributed by atoms with E-state index in [1.807, 2.05) is 62.1 Å². The van der Waals surface area contributed by atoms with E-state index in [-0.39, 0.29) is 23.6 Å². The summed E-state index contributed by atoms with van der Waals surface area (Å²) >= 11 is 0. The van der Waals surface area contributed by atoms with Crippen molar-refractivity contribution in [2.24, 2.45) is 11.1 Å². The lowest BCUT2D eigenvalue weighted by atomic mass is 9.67. The van der Waals surface area contributed by atoms with Gasteiger partial charge < -0.3 is 10.5 Å². The molecule has 1 aliphatic carbocycles. The zero-order valence-electron chi connectivity index (χ0n) is 23.6. The van der Waals surface area contributed by atoms with E-state index in [0.717, 1.165) is 39.2 Å². The van der Waals surface area contributed by atoms with Crippen molar-refractivity contribution in [2.45, 2.75) is 60.0 Å². The minimum Gasteiger partial charge on any atom is -0.489 e. The Hall–Kier alpha value is -4.37. The van der Waals surface area contributed by atoms with Gasteiger partial charge in [0.2, 0.25) is 0 Å². The van der Waals surface area contributed by atoms with E-state index in [9.17, 15) is 14.4 Å². The Balaban J connectivity index is 1.67. The van der Waals surface area contributed by atoms with E-state index in [4.69, 9.17) is 10.5 Å². The fraction of sp³-hybridized carbons (Fsp3) is 0.294. The summed E-state index contributed by atoms with van der Waals surface area (Å²) in [5.74, 6) is 0.0627.